The van der Waals surface area contributed by atoms with Gasteiger partial charge in [-0.3, -0.25) is 0 Å². The average Bonchev–Trinajstić information content (AvgIpc) is 2.21. The molecule has 3 nitrogen and oxygen atoms in total. The van der Waals surface area contributed by atoms with E-state index in [1.54, 1.807) is 0 Å². The molecule has 0 amide bonds. The van der Waals surface area contributed by atoms with E-state index < -0.39 is 0 Å². The third-order valence-corrected chi connectivity index (χ3v) is 1.60. The summed E-state index contributed by atoms with van der Waals surface area (Å²) in [6, 6.07) is 19.0. The van der Waals surface area contributed by atoms with Gasteiger partial charge in [-0.15, -0.1) is 0 Å². The Bertz CT molecular complexity index is 308. The number of anilines is 2. The second kappa shape index (κ2) is 7.41. The van der Waals surface area contributed by atoms with Crippen molar-refractivity contribution in [3.05, 3.63) is 60.7 Å². The molecular formula is C12H17N3. The van der Waals surface area contributed by atoms with Gasteiger partial charge in [0, 0.05) is 11.4 Å². The number of hydrogen-bond donors (Lipinski definition) is 3. The summed E-state index contributed by atoms with van der Waals surface area (Å²) >= 11 is 0. The van der Waals surface area contributed by atoms with Gasteiger partial charge in [0.2, 0.25) is 0 Å². The van der Waals surface area contributed by atoms with Gasteiger partial charge in [-0.05, 0) is 24.3 Å². The summed E-state index contributed by atoms with van der Waals surface area (Å²) in [6.07, 6.45) is 0. The van der Waals surface area contributed by atoms with Crippen LogP contribution in [0.2, 0.25) is 0 Å². The second-order valence-corrected chi connectivity index (χ2v) is 2.82. The number of benzene rings is 2. The van der Waals surface area contributed by atoms with E-state index in [-0.39, 0.29) is 6.15 Å². The monoisotopic (exact) mass is 203 g/mol. The SMILES string of the molecule is N.Nc1ccccc1.Nc1ccccc1. The number of nitrogens with two attached hydrogens (primary N) is 2. The lowest BCUT2D eigenvalue weighted by atomic mass is 10.3. The minimum absolute atomic E-state index is 0. The number of rotatable bonds is 0. The molecule has 2 rings (SSSR count). The lowest BCUT2D eigenvalue weighted by Crippen LogP contribution is -1.79. The molecule has 0 aromatic heterocycles. The molecule has 0 unspecified atom stereocenters. The largest absolute Gasteiger partial charge is 0.399 e. The lowest BCUT2D eigenvalue weighted by Gasteiger charge is -1.83. The topological polar surface area (TPSA) is 87.0 Å². The van der Waals surface area contributed by atoms with E-state index in [4.69, 9.17) is 11.5 Å². The molecule has 15 heavy (non-hydrogen) atoms. The summed E-state index contributed by atoms with van der Waals surface area (Å²) in [5.74, 6) is 0. The highest BCUT2D eigenvalue weighted by Crippen LogP contribution is 1.96. The summed E-state index contributed by atoms with van der Waals surface area (Å²) in [7, 11) is 0. The van der Waals surface area contributed by atoms with Crippen LogP contribution in [0.4, 0.5) is 11.4 Å². The highest BCUT2D eigenvalue weighted by molar-refractivity contribution is 5.36. The molecule has 0 saturated carbocycles. The smallest absolute Gasteiger partial charge is 0.0313 e. The Balaban J connectivity index is 0.000000245. The molecule has 0 fully saturated rings. The highest BCUT2D eigenvalue weighted by Gasteiger charge is 1.72. The molecule has 0 bridgehead atoms. The van der Waals surface area contributed by atoms with Gasteiger partial charge in [-0.2, -0.15) is 0 Å². The first kappa shape index (κ1) is 13.0. The fourth-order valence-electron chi connectivity index (χ4n) is 0.906. The highest BCUT2D eigenvalue weighted by atomic mass is 14.5. The second-order valence-electron chi connectivity index (χ2n) is 2.82. The van der Waals surface area contributed by atoms with Crippen LogP contribution in [0, 0.1) is 0 Å². The van der Waals surface area contributed by atoms with E-state index in [2.05, 4.69) is 0 Å². The van der Waals surface area contributed by atoms with Gasteiger partial charge < -0.3 is 17.6 Å². The fourth-order valence-corrected chi connectivity index (χ4v) is 0.906. The third-order valence-electron chi connectivity index (χ3n) is 1.60. The molecule has 0 aliphatic carbocycles. The van der Waals surface area contributed by atoms with Crippen LogP contribution < -0.4 is 17.6 Å². The zero-order valence-corrected chi connectivity index (χ0v) is 8.64. The van der Waals surface area contributed by atoms with Gasteiger partial charge in [-0.25, -0.2) is 0 Å². The van der Waals surface area contributed by atoms with Crippen molar-refractivity contribution < 1.29 is 0 Å². The third kappa shape index (κ3) is 6.12. The van der Waals surface area contributed by atoms with Crippen molar-refractivity contribution in [1.82, 2.24) is 6.15 Å². The van der Waals surface area contributed by atoms with Crippen LogP contribution in [0.3, 0.4) is 0 Å². The van der Waals surface area contributed by atoms with Crippen molar-refractivity contribution in [2.75, 3.05) is 11.5 Å². The summed E-state index contributed by atoms with van der Waals surface area (Å²) < 4.78 is 0. The van der Waals surface area contributed by atoms with E-state index >= 15 is 0 Å². The van der Waals surface area contributed by atoms with Crippen molar-refractivity contribution in [3.8, 4) is 0 Å². The molecule has 0 atom stereocenters. The molecule has 0 saturated heterocycles. The van der Waals surface area contributed by atoms with Gasteiger partial charge in [-0.1, -0.05) is 36.4 Å². The molecular weight excluding hydrogens is 186 g/mol. The van der Waals surface area contributed by atoms with Gasteiger partial charge in [0.1, 0.15) is 0 Å². The maximum Gasteiger partial charge on any atom is 0.0313 e. The zero-order valence-electron chi connectivity index (χ0n) is 8.64. The van der Waals surface area contributed by atoms with Crippen LogP contribution in [-0.2, 0) is 0 Å². The predicted molar refractivity (Wildman–Crippen MR) is 66.7 cm³/mol. The number of nitrogen functional groups attached to an aromatic ring is 2. The Labute approximate surface area is 90.3 Å². The molecule has 0 heterocycles. The van der Waals surface area contributed by atoms with Gasteiger partial charge in [0.25, 0.3) is 0 Å². The minimum Gasteiger partial charge on any atom is -0.399 e. The van der Waals surface area contributed by atoms with E-state index in [9.17, 15) is 0 Å². The Morgan fingerprint density at radius 2 is 0.800 bits per heavy atom. The van der Waals surface area contributed by atoms with Gasteiger partial charge in [0.05, 0.1) is 0 Å². The normalized spacial score (nSPS) is 8.00. The van der Waals surface area contributed by atoms with E-state index in [0.29, 0.717) is 0 Å². The predicted octanol–water partition coefficient (Wildman–Crippen LogP) is 2.70. The summed E-state index contributed by atoms with van der Waals surface area (Å²) in [6.45, 7) is 0. The van der Waals surface area contributed by atoms with Crippen molar-refractivity contribution in [2.45, 2.75) is 0 Å². The van der Waals surface area contributed by atoms with Crippen LogP contribution >= 0.6 is 0 Å². The Morgan fingerprint density at radius 1 is 0.533 bits per heavy atom. The molecule has 2 aromatic carbocycles. The molecule has 7 N–H and O–H groups in total. The fraction of sp³-hybridized carbons (Fsp3) is 0. The average molecular weight is 203 g/mol. The summed E-state index contributed by atoms with van der Waals surface area (Å²) in [5.41, 5.74) is 12.4. The molecule has 3 heteroatoms. The van der Waals surface area contributed by atoms with Crippen molar-refractivity contribution in [1.29, 1.82) is 0 Å². The summed E-state index contributed by atoms with van der Waals surface area (Å²) in [5, 5.41) is 0. The number of para-hydroxylation sites is 2. The molecule has 2 aromatic rings. The van der Waals surface area contributed by atoms with Crippen molar-refractivity contribution in [3.63, 3.8) is 0 Å². The Morgan fingerprint density at radius 3 is 0.933 bits per heavy atom. The molecule has 80 valence electrons. The maximum absolute atomic E-state index is 5.36. The first-order valence-corrected chi connectivity index (χ1v) is 4.40. The molecule has 0 radical (unpaired) electrons. The van der Waals surface area contributed by atoms with E-state index in [1.165, 1.54) is 0 Å². The first-order chi connectivity index (χ1) is 6.79. The minimum atomic E-state index is 0. The van der Waals surface area contributed by atoms with Crippen LogP contribution in [0.25, 0.3) is 0 Å². The van der Waals surface area contributed by atoms with Gasteiger partial charge >= 0.3 is 0 Å². The quantitative estimate of drug-likeness (QED) is 0.575. The van der Waals surface area contributed by atoms with E-state index in [1.807, 2.05) is 60.7 Å². The van der Waals surface area contributed by atoms with Crippen molar-refractivity contribution in [2.24, 2.45) is 0 Å². The van der Waals surface area contributed by atoms with E-state index in [0.717, 1.165) is 11.4 Å². The van der Waals surface area contributed by atoms with Crippen LogP contribution in [0.5, 0.6) is 0 Å². The maximum atomic E-state index is 5.36. The number of hydrogen-bond acceptors (Lipinski definition) is 3. The van der Waals surface area contributed by atoms with Crippen LogP contribution in [-0.4, -0.2) is 0 Å². The molecule has 0 aliphatic rings. The summed E-state index contributed by atoms with van der Waals surface area (Å²) in [4.78, 5) is 0. The van der Waals surface area contributed by atoms with Gasteiger partial charge in [0.15, 0.2) is 0 Å². The Kier molecular flexibility index (Phi) is 6.42. The molecule has 0 spiro atoms. The Hall–Kier alpha value is -2.00. The van der Waals surface area contributed by atoms with Crippen LogP contribution in [0.1, 0.15) is 0 Å². The van der Waals surface area contributed by atoms with Crippen molar-refractivity contribution >= 4 is 11.4 Å². The zero-order chi connectivity index (χ0) is 10.2. The van der Waals surface area contributed by atoms with Crippen LogP contribution in [0.15, 0.2) is 60.7 Å². The standard InChI is InChI=1S/2C6H7N.H3N/c2*7-6-4-2-1-3-5-6;/h2*1-5H,7H2;1H3. The lowest BCUT2D eigenvalue weighted by molar-refractivity contribution is 1.69. The molecule has 0 aliphatic heterocycles. The first-order valence-electron chi connectivity index (χ1n) is 4.40.